The van der Waals surface area contributed by atoms with Crippen molar-refractivity contribution in [2.75, 3.05) is 26.2 Å². The van der Waals surface area contributed by atoms with E-state index in [-0.39, 0.29) is 11.3 Å². The second-order valence-corrected chi connectivity index (χ2v) is 11.5. The van der Waals surface area contributed by atoms with E-state index in [1.807, 2.05) is 30.9 Å². The van der Waals surface area contributed by atoms with Crippen LogP contribution >= 0.6 is 23.2 Å². The molecule has 0 saturated carbocycles. The molecule has 0 atom stereocenters. The highest BCUT2D eigenvalue weighted by Gasteiger charge is 2.41. The van der Waals surface area contributed by atoms with Crippen LogP contribution in [-0.2, 0) is 4.79 Å². The van der Waals surface area contributed by atoms with Gasteiger partial charge in [-0.2, -0.15) is 0 Å². The second-order valence-electron chi connectivity index (χ2n) is 10.8. The number of carbonyl (C=O) groups is 1. The van der Waals surface area contributed by atoms with Crippen LogP contribution in [0.15, 0.2) is 39.4 Å². The molecule has 0 aromatic rings. The third kappa shape index (κ3) is 10.4. The van der Waals surface area contributed by atoms with Crippen LogP contribution in [-0.4, -0.2) is 53.3 Å². The summed E-state index contributed by atoms with van der Waals surface area (Å²) < 4.78 is 0. The average molecular weight is 499 g/mol. The van der Waals surface area contributed by atoms with Gasteiger partial charge in [0.25, 0.3) is 0 Å². The van der Waals surface area contributed by atoms with E-state index in [9.17, 15) is 4.79 Å². The average Bonchev–Trinajstić information content (AvgIpc) is 2.69. The van der Waals surface area contributed by atoms with Gasteiger partial charge in [-0.15, -0.1) is 0 Å². The minimum absolute atomic E-state index is 0.0958. The standard InChI is InChI=1S/C27H45Cl2N3O/c1-9-24(19-25(29)11-15-28)22(4)30-27(13-17-31(18-14-27)20-21(2)3)32(23(5)33)16-10-12-26(6,7)8/h9,11,15,19,21H,10,12-14,16-18,20H2,1-8H3/b15-11+,24-9+,25-19+,30-22+. The van der Waals surface area contributed by atoms with Crippen molar-refractivity contribution in [2.24, 2.45) is 16.3 Å². The van der Waals surface area contributed by atoms with Gasteiger partial charge in [-0.05, 0) is 55.7 Å². The van der Waals surface area contributed by atoms with Crippen molar-refractivity contribution in [1.82, 2.24) is 9.80 Å². The number of halogens is 2. The third-order valence-electron chi connectivity index (χ3n) is 6.09. The SMILES string of the molecule is C/C=C(\C=C(Cl)/C=C/Cl)C(/C)=N/C1(N(CCCC(C)(C)C)C(C)=O)CCN(CC(C)C)CC1. The van der Waals surface area contributed by atoms with Crippen molar-refractivity contribution >= 4 is 34.8 Å². The quantitative estimate of drug-likeness (QED) is 0.233. The fourth-order valence-corrected chi connectivity index (χ4v) is 4.89. The molecule has 0 aromatic carbocycles. The maximum absolute atomic E-state index is 12.9. The predicted octanol–water partition coefficient (Wildman–Crippen LogP) is 7.39. The first-order chi connectivity index (χ1) is 15.3. The van der Waals surface area contributed by atoms with E-state index in [1.54, 1.807) is 13.0 Å². The van der Waals surface area contributed by atoms with Crippen LogP contribution in [0.3, 0.4) is 0 Å². The number of hydrogen-bond donors (Lipinski definition) is 0. The van der Waals surface area contributed by atoms with Crippen molar-refractivity contribution in [2.45, 2.75) is 86.7 Å². The third-order valence-corrected chi connectivity index (χ3v) is 6.45. The molecular weight excluding hydrogens is 453 g/mol. The van der Waals surface area contributed by atoms with Gasteiger partial charge in [0.2, 0.25) is 5.91 Å². The zero-order chi connectivity index (χ0) is 25.2. The largest absolute Gasteiger partial charge is 0.318 e. The number of aliphatic imine (C=N–C) groups is 1. The van der Waals surface area contributed by atoms with E-state index in [2.05, 4.69) is 39.5 Å². The Labute approximate surface area is 212 Å². The van der Waals surface area contributed by atoms with Crippen molar-refractivity contribution in [3.8, 4) is 0 Å². The number of rotatable bonds is 10. The summed E-state index contributed by atoms with van der Waals surface area (Å²) in [5.74, 6) is 0.716. The van der Waals surface area contributed by atoms with Gasteiger partial charge in [0, 0.05) is 62.2 Å². The van der Waals surface area contributed by atoms with Gasteiger partial charge in [0.05, 0.1) is 0 Å². The van der Waals surface area contributed by atoms with Gasteiger partial charge in [-0.25, -0.2) is 0 Å². The molecule has 1 fully saturated rings. The summed E-state index contributed by atoms with van der Waals surface area (Å²) in [6.45, 7) is 20.6. The van der Waals surface area contributed by atoms with Gasteiger partial charge in [-0.3, -0.25) is 9.79 Å². The highest BCUT2D eigenvalue weighted by molar-refractivity contribution is 6.33. The second kappa shape index (κ2) is 13.7. The molecule has 1 aliphatic rings. The van der Waals surface area contributed by atoms with E-state index in [0.717, 1.165) is 63.1 Å². The molecule has 4 nitrogen and oxygen atoms in total. The fourth-order valence-electron chi connectivity index (χ4n) is 4.51. The zero-order valence-corrected chi connectivity index (χ0v) is 23.6. The van der Waals surface area contributed by atoms with Crippen LogP contribution in [0, 0.1) is 11.3 Å². The Morgan fingerprint density at radius 2 is 1.82 bits per heavy atom. The first-order valence-electron chi connectivity index (χ1n) is 12.2. The van der Waals surface area contributed by atoms with Crippen LogP contribution < -0.4 is 0 Å². The lowest BCUT2D eigenvalue weighted by Crippen LogP contribution is -2.57. The highest BCUT2D eigenvalue weighted by Crippen LogP contribution is 2.33. The molecule has 188 valence electrons. The molecule has 1 rings (SSSR count). The Balaban J connectivity index is 3.33. The van der Waals surface area contributed by atoms with E-state index in [0.29, 0.717) is 11.0 Å². The topological polar surface area (TPSA) is 35.9 Å². The smallest absolute Gasteiger partial charge is 0.221 e. The lowest BCUT2D eigenvalue weighted by molar-refractivity contribution is -0.137. The van der Waals surface area contributed by atoms with Crippen molar-refractivity contribution in [3.05, 3.63) is 34.4 Å². The fraction of sp³-hybridized carbons (Fsp3) is 0.704. The molecule has 1 saturated heterocycles. The molecule has 0 spiro atoms. The Morgan fingerprint density at radius 3 is 2.27 bits per heavy atom. The molecule has 33 heavy (non-hydrogen) atoms. The summed E-state index contributed by atoms with van der Waals surface area (Å²) in [5, 5.41) is 0.544. The van der Waals surface area contributed by atoms with E-state index >= 15 is 0 Å². The summed E-state index contributed by atoms with van der Waals surface area (Å²) >= 11 is 12.0. The van der Waals surface area contributed by atoms with E-state index in [1.165, 1.54) is 5.54 Å². The first kappa shape index (κ1) is 29.9. The predicted molar refractivity (Wildman–Crippen MR) is 145 cm³/mol. The van der Waals surface area contributed by atoms with Gasteiger partial charge < -0.3 is 9.80 Å². The zero-order valence-electron chi connectivity index (χ0n) is 22.0. The van der Waals surface area contributed by atoms with Crippen molar-refractivity contribution < 1.29 is 4.79 Å². The summed E-state index contributed by atoms with van der Waals surface area (Å²) in [4.78, 5) is 22.7. The summed E-state index contributed by atoms with van der Waals surface area (Å²) in [6, 6.07) is 0. The molecule has 1 amide bonds. The van der Waals surface area contributed by atoms with Crippen LogP contribution in [0.2, 0.25) is 0 Å². The van der Waals surface area contributed by atoms with E-state index in [4.69, 9.17) is 28.2 Å². The number of hydrogen-bond acceptors (Lipinski definition) is 3. The molecule has 0 bridgehead atoms. The highest BCUT2D eigenvalue weighted by atomic mass is 35.5. The molecule has 6 heteroatoms. The van der Waals surface area contributed by atoms with E-state index < -0.39 is 5.66 Å². The Bertz CT molecular complexity index is 752. The molecular formula is C27H45Cl2N3O. The lowest BCUT2D eigenvalue weighted by Gasteiger charge is -2.47. The number of carbonyl (C=O) groups excluding carboxylic acids is 1. The molecule has 0 unspecified atom stereocenters. The van der Waals surface area contributed by atoms with Gasteiger partial charge >= 0.3 is 0 Å². The molecule has 0 aromatic heterocycles. The van der Waals surface area contributed by atoms with Gasteiger partial charge in [0.1, 0.15) is 5.66 Å². The van der Waals surface area contributed by atoms with Gasteiger partial charge in [-0.1, -0.05) is 63.9 Å². The van der Waals surface area contributed by atoms with Crippen LogP contribution in [0.1, 0.15) is 81.1 Å². The summed E-state index contributed by atoms with van der Waals surface area (Å²) in [7, 11) is 0. The lowest BCUT2D eigenvalue weighted by atomic mass is 9.89. The molecule has 1 heterocycles. The number of piperidine rings is 1. The minimum Gasteiger partial charge on any atom is -0.318 e. The Kier molecular flexibility index (Phi) is 12.4. The number of likely N-dealkylation sites (tertiary alicyclic amines) is 1. The van der Waals surface area contributed by atoms with Crippen molar-refractivity contribution in [3.63, 3.8) is 0 Å². The number of nitrogens with zero attached hydrogens (tertiary/aromatic N) is 3. The molecule has 1 aliphatic heterocycles. The minimum atomic E-state index is -0.530. The molecule has 0 radical (unpaired) electrons. The number of allylic oxidation sites excluding steroid dienone is 5. The number of amides is 1. The first-order valence-corrected chi connectivity index (χ1v) is 13.0. The maximum Gasteiger partial charge on any atom is 0.221 e. The van der Waals surface area contributed by atoms with Crippen LogP contribution in [0.25, 0.3) is 0 Å². The van der Waals surface area contributed by atoms with Crippen molar-refractivity contribution in [1.29, 1.82) is 0 Å². The van der Waals surface area contributed by atoms with Crippen LogP contribution in [0.4, 0.5) is 0 Å². The summed E-state index contributed by atoms with van der Waals surface area (Å²) in [6.07, 6.45) is 9.23. The van der Waals surface area contributed by atoms with Crippen LogP contribution in [0.5, 0.6) is 0 Å². The monoisotopic (exact) mass is 497 g/mol. The normalized spacial score (nSPS) is 18.9. The Hall–Kier alpha value is -1.10. The van der Waals surface area contributed by atoms with Gasteiger partial charge in [0.15, 0.2) is 0 Å². The maximum atomic E-state index is 12.9. The molecule has 0 aliphatic carbocycles. The summed E-state index contributed by atoms with van der Waals surface area (Å²) in [5.41, 5.74) is 2.94. The Morgan fingerprint density at radius 1 is 1.21 bits per heavy atom. The molecule has 0 N–H and O–H groups in total.